The summed E-state index contributed by atoms with van der Waals surface area (Å²) in [5.74, 6) is 0.557. The molecule has 0 aliphatic rings. The second-order valence-electron chi connectivity index (χ2n) is 2.25. The molecule has 1 heterocycles. The Labute approximate surface area is 75.9 Å². The van der Waals surface area contributed by atoms with Gasteiger partial charge in [-0.1, -0.05) is 11.6 Å². The van der Waals surface area contributed by atoms with Gasteiger partial charge in [-0.3, -0.25) is 4.84 Å². The van der Waals surface area contributed by atoms with Crippen LogP contribution in [0.2, 0.25) is 5.02 Å². The third-order valence-corrected chi connectivity index (χ3v) is 1.64. The molecule has 0 radical (unpaired) electrons. The van der Waals surface area contributed by atoms with Crippen molar-refractivity contribution in [1.29, 1.82) is 0 Å². The Morgan fingerprint density at radius 2 is 2.33 bits per heavy atom. The average molecular weight is 188 g/mol. The van der Waals surface area contributed by atoms with Crippen LogP contribution in [0.3, 0.4) is 0 Å². The molecule has 5 heteroatoms. The lowest BCUT2D eigenvalue weighted by Crippen LogP contribution is -2.17. The fourth-order valence-corrected chi connectivity index (χ4v) is 0.964. The Morgan fingerprint density at radius 3 is 2.83 bits per heavy atom. The average Bonchev–Trinajstić information content (AvgIpc) is 2.03. The number of rotatable bonds is 2. The van der Waals surface area contributed by atoms with Crippen molar-refractivity contribution < 1.29 is 4.84 Å². The molecule has 0 aromatic carbocycles. The first kappa shape index (κ1) is 9.09. The van der Waals surface area contributed by atoms with Gasteiger partial charge in [0.1, 0.15) is 0 Å². The highest BCUT2D eigenvalue weighted by atomic mass is 35.5. The van der Waals surface area contributed by atoms with E-state index in [1.54, 1.807) is 13.1 Å². The lowest BCUT2D eigenvalue weighted by Gasteiger charge is -2.15. The minimum atomic E-state index is 0.492. The second kappa shape index (κ2) is 3.60. The number of hydrogen-bond donors (Lipinski definition) is 1. The monoisotopic (exact) mass is 187 g/mol. The van der Waals surface area contributed by atoms with Crippen molar-refractivity contribution >= 4 is 23.1 Å². The summed E-state index contributed by atoms with van der Waals surface area (Å²) >= 11 is 5.66. The van der Waals surface area contributed by atoms with Crippen molar-refractivity contribution in [2.24, 2.45) is 0 Å². The van der Waals surface area contributed by atoms with Gasteiger partial charge in [0.15, 0.2) is 5.82 Å². The number of hydroxylamine groups is 1. The number of hydrogen-bond acceptors (Lipinski definition) is 4. The van der Waals surface area contributed by atoms with Gasteiger partial charge in [0.2, 0.25) is 0 Å². The lowest BCUT2D eigenvalue weighted by molar-refractivity contribution is 0.183. The van der Waals surface area contributed by atoms with Crippen LogP contribution in [0.1, 0.15) is 0 Å². The molecule has 0 saturated carbocycles. The normalized spacial score (nSPS) is 9.92. The quantitative estimate of drug-likeness (QED) is 0.710. The van der Waals surface area contributed by atoms with E-state index in [9.17, 15) is 0 Å². The molecule has 1 rings (SSSR count). The molecule has 2 N–H and O–H groups in total. The molecule has 0 aliphatic carbocycles. The SMILES string of the molecule is CON(C)c1ncc(Cl)cc1N. The lowest BCUT2D eigenvalue weighted by atomic mass is 10.4. The van der Waals surface area contributed by atoms with Crippen molar-refractivity contribution in [3.05, 3.63) is 17.3 Å². The second-order valence-corrected chi connectivity index (χ2v) is 2.68. The molecule has 4 nitrogen and oxygen atoms in total. The van der Waals surface area contributed by atoms with Gasteiger partial charge in [-0.25, -0.2) is 10.0 Å². The van der Waals surface area contributed by atoms with Crippen molar-refractivity contribution in [1.82, 2.24) is 4.98 Å². The van der Waals surface area contributed by atoms with Crippen molar-refractivity contribution in [2.75, 3.05) is 25.0 Å². The molecule has 0 unspecified atom stereocenters. The zero-order valence-electron chi connectivity index (χ0n) is 6.91. The van der Waals surface area contributed by atoms with Gasteiger partial charge in [0.05, 0.1) is 17.8 Å². The van der Waals surface area contributed by atoms with Gasteiger partial charge >= 0.3 is 0 Å². The van der Waals surface area contributed by atoms with Crippen LogP contribution in [0, 0.1) is 0 Å². The minimum absolute atomic E-state index is 0.492. The van der Waals surface area contributed by atoms with Gasteiger partial charge < -0.3 is 5.73 Å². The Hall–Kier alpha value is -1.00. The van der Waals surface area contributed by atoms with Gasteiger partial charge in [-0.05, 0) is 6.07 Å². The van der Waals surface area contributed by atoms with Gasteiger partial charge in [-0.2, -0.15) is 0 Å². The first-order valence-electron chi connectivity index (χ1n) is 3.34. The maximum atomic E-state index is 5.66. The summed E-state index contributed by atoms with van der Waals surface area (Å²) in [5.41, 5.74) is 6.12. The number of halogens is 1. The van der Waals surface area contributed by atoms with E-state index >= 15 is 0 Å². The Kier molecular flexibility index (Phi) is 2.73. The number of aromatic nitrogens is 1. The number of pyridine rings is 1. The van der Waals surface area contributed by atoms with Crippen LogP contribution in [0.5, 0.6) is 0 Å². The van der Waals surface area contributed by atoms with E-state index in [1.165, 1.54) is 18.4 Å². The maximum Gasteiger partial charge on any atom is 0.175 e. The summed E-state index contributed by atoms with van der Waals surface area (Å²) in [7, 11) is 3.25. The summed E-state index contributed by atoms with van der Waals surface area (Å²) < 4.78 is 0. The molecule has 0 aliphatic heterocycles. The molecular formula is C7H10ClN3O. The largest absolute Gasteiger partial charge is 0.396 e. The molecule has 1 aromatic rings. The Balaban J connectivity index is 3.01. The first-order valence-corrected chi connectivity index (χ1v) is 3.72. The van der Waals surface area contributed by atoms with E-state index in [1.807, 2.05) is 0 Å². The zero-order valence-corrected chi connectivity index (χ0v) is 7.67. The van der Waals surface area contributed by atoms with Crippen LogP contribution in [0.15, 0.2) is 12.3 Å². The first-order chi connectivity index (χ1) is 5.65. The fourth-order valence-electron chi connectivity index (χ4n) is 0.797. The molecule has 66 valence electrons. The van der Waals surface area contributed by atoms with Crippen LogP contribution >= 0.6 is 11.6 Å². The summed E-state index contributed by atoms with van der Waals surface area (Å²) in [6.07, 6.45) is 1.52. The minimum Gasteiger partial charge on any atom is -0.396 e. The number of nitrogens with zero attached hydrogens (tertiary/aromatic N) is 2. The van der Waals surface area contributed by atoms with Gasteiger partial charge in [0, 0.05) is 13.2 Å². The predicted octanol–water partition coefficient (Wildman–Crippen LogP) is 1.31. The fraction of sp³-hybridized carbons (Fsp3) is 0.286. The Bertz CT molecular complexity index is 279. The molecule has 12 heavy (non-hydrogen) atoms. The Morgan fingerprint density at radius 1 is 1.67 bits per heavy atom. The van der Waals surface area contributed by atoms with E-state index in [2.05, 4.69) is 4.98 Å². The maximum absolute atomic E-state index is 5.66. The highest BCUT2D eigenvalue weighted by Crippen LogP contribution is 2.21. The number of nitrogen functional groups attached to an aromatic ring is 1. The van der Waals surface area contributed by atoms with E-state index < -0.39 is 0 Å². The third kappa shape index (κ3) is 1.78. The number of anilines is 2. The summed E-state index contributed by atoms with van der Waals surface area (Å²) in [5, 5.41) is 1.98. The van der Waals surface area contributed by atoms with Crippen LogP contribution in [0.4, 0.5) is 11.5 Å². The van der Waals surface area contributed by atoms with Crippen LogP contribution < -0.4 is 10.8 Å². The van der Waals surface area contributed by atoms with E-state index in [-0.39, 0.29) is 0 Å². The summed E-state index contributed by atoms with van der Waals surface area (Å²) in [6.45, 7) is 0. The number of nitrogens with two attached hydrogens (primary N) is 1. The van der Waals surface area contributed by atoms with E-state index in [0.717, 1.165) is 0 Å². The van der Waals surface area contributed by atoms with Gasteiger partial charge in [-0.15, -0.1) is 0 Å². The van der Waals surface area contributed by atoms with Gasteiger partial charge in [0.25, 0.3) is 0 Å². The van der Waals surface area contributed by atoms with Crippen molar-refractivity contribution in [3.8, 4) is 0 Å². The molecule has 0 bridgehead atoms. The molecule has 0 fully saturated rings. The summed E-state index contributed by atoms with van der Waals surface area (Å²) in [4.78, 5) is 8.90. The van der Waals surface area contributed by atoms with E-state index in [4.69, 9.17) is 22.2 Å². The molecule has 0 spiro atoms. The summed E-state index contributed by atoms with van der Waals surface area (Å²) in [6, 6.07) is 1.62. The van der Waals surface area contributed by atoms with Crippen LogP contribution in [-0.4, -0.2) is 19.1 Å². The zero-order chi connectivity index (χ0) is 9.14. The smallest absolute Gasteiger partial charge is 0.175 e. The molecule has 0 amide bonds. The highest BCUT2D eigenvalue weighted by molar-refractivity contribution is 6.30. The molecule has 0 atom stereocenters. The van der Waals surface area contributed by atoms with Crippen molar-refractivity contribution in [2.45, 2.75) is 0 Å². The van der Waals surface area contributed by atoms with E-state index in [0.29, 0.717) is 16.5 Å². The molecular weight excluding hydrogens is 178 g/mol. The molecule has 1 aromatic heterocycles. The highest BCUT2D eigenvalue weighted by Gasteiger charge is 2.05. The molecule has 0 saturated heterocycles. The van der Waals surface area contributed by atoms with Crippen LogP contribution in [0.25, 0.3) is 0 Å². The van der Waals surface area contributed by atoms with Crippen molar-refractivity contribution in [3.63, 3.8) is 0 Å². The standard InChI is InChI=1S/C7H10ClN3O/c1-11(12-2)7-6(9)3-5(8)4-10-7/h3-4H,9H2,1-2H3. The predicted molar refractivity (Wildman–Crippen MR) is 49.1 cm³/mol. The topological polar surface area (TPSA) is 51.4 Å². The third-order valence-electron chi connectivity index (χ3n) is 1.43. The van der Waals surface area contributed by atoms with Crippen LogP contribution in [-0.2, 0) is 4.84 Å².